The third-order valence-corrected chi connectivity index (χ3v) is 4.80. The minimum atomic E-state index is 0.550. The fourth-order valence-corrected chi connectivity index (χ4v) is 3.57. The lowest BCUT2D eigenvalue weighted by molar-refractivity contribution is 0.557. The lowest BCUT2D eigenvalue weighted by Gasteiger charge is -2.11. The molecule has 3 heteroatoms. The van der Waals surface area contributed by atoms with Crippen LogP contribution in [0.4, 0.5) is 5.69 Å². The molecule has 0 spiro atoms. The minimum absolute atomic E-state index is 0.550. The molecule has 1 heterocycles. The number of hydrogen-bond acceptors (Lipinski definition) is 2. The van der Waals surface area contributed by atoms with Gasteiger partial charge in [0.05, 0.1) is 5.69 Å². The smallest absolute Gasteiger partial charge is 0.227 e. The Balaban J connectivity index is 1.84. The Kier molecular flexibility index (Phi) is 3.51. The van der Waals surface area contributed by atoms with E-state index in [-0.39, 0.29) is 0 Å². The summed E-state index contributed by atoms with van der Waals surface area (Å²) in [7, 11) is 0. The Morgan fingerprint density at radius 1 is 0.769 bits per heavy atom. The largest absolute Gasteiger partial charge is 0.438 e. The zero-order valence-electron chi connectivity index (χ0n) is 13.8. The highest BCUT2D eigenvalue weighted by Crippen LogP contribution is 2.43. The summed E-state index contributed by atoms with van der Waals surface area (Å²) in [4.78, 5) is 4.85. The molecule has 4 aromatic carbocycles. The Morgan fingerprint density at radius 2 is 1.62 bits per heavy atom. The van der Waals surface area contributed by atoms with Gasteiger partial charge in [0.1, 0.15) is 5.75 Å². The first kappa shape index (κ1) is 15.2. The first-order valence-corrected chi connectivity index (χ1v) is 8.81. The summed E-state index contributed by atoms with van der Waals surface area (Å²) in [5.41, 5.74) is 3.88. The monoisotopic (exact) mass is 355 g/mol. The van der Waals surface area contributed by atoms with E-state index in [1.165, 1.54) is 5.39 Å². The number of nitrogens with zero attached hydrogens (tertiary/aromatic N) is 1. The molecule has 0 bridgehead atoms. The molecule has 26 heavy (non-hydrogen) atoms. The average molecular weight is 356 g/mol. The highest BCUT2D eigenvalue weighted by atomic mass is 35.5. The van der Waals surface area contributed by atoms with Crippen molar-refractivity contribution < 1.29 is 4.74 Å². The Labute approximate surface area is 156 Å². The number of benzene rings is 4. The van der Waals surface area contributed by atoms with Crippen molar-refractivity contribution in [1.82, 2.24) is 0 Å². The third kappa shape index (κ3) is 2.47. The second-order valence-corrected chi connectivity index (χ2v) is 6.64. The summed E-state index contributed by atoms with van der Waals surface area (Å²) in [5.74, 6) is 1.34. The highest BCUT2D eigenvalue weighted by molar-refractivity contribution is 6.31. The summed E-state index contributed by atoms with van der Waals surface area (Å²) in [6.07, 6.45) is 0. The van der Waals surface area contributed by atoms with Gasteiger partial charge >= 0.3 is 0 Å². The molecular formula is C23H14ClNO. The number of ether oxygens (including phenoxy) is 1. The van der Waals surface area contributed by atoms with Gasteiger partial charge in [-0.3, -0.25) is 0 Å². The number of aliphatic imine (C=N–C) groups is 1. The Morgan fingerprint density at radius 3 is 2.54 bits per heavy atom. The number of rotatable bonds is 1. The van der Waals surface area contributed by atoms with Gasteiger partial charge in [-0.1, -0.05) is 66.2 Å². The maximum atomic E-state index is 6.22. The summed E-state index contributed by atoms with van der Waals surface area (Å²) in [6, 6.07) is 28.1. The van der Waals surface area contributed by atoms with Crippen molar-refractivity contribution >= 4 is 34.0 Å². The van der Waals surface area contributed by atoms with Crippen LogP contribution in [0, 0.1) is 0 Å². The standard InChI is InChI=1S/C23H14ClNO/c24-17-8-5-7-16(14-17)23-25-20-13-12-15-6-1-2-9-18(15)22(20)19-10-3-4-11-21(19)26-23/h1-14H. The lowest BCUT2D eigenvalue weighted by Crippen LogP contribution is -2.09. The molecule has 0 aromatic heterocycles. The van der Waals surface area contributed by atoms with Crippen LogP contribution >= 0.6 is 11.6 Å². The van der Waals surface area contributed by atoms with Crippen LogP contribution in [0.2, 0.25) is 5.02 Å². The van der Waals surface area contributed by atoms with Gasteiger partial charge in [-0.25, -0.2) is 4.99 Å². The molecule has 0 atom stereocenters. The summed E-state index contributed by atoms with van der Waals surface area (Å²) < 4.78 is 6.22. The number of hydrogen-bond donors (Lipinski definition) is 0. The van der Waals surface area contributed by atoms with Crippen molar-refractivity contribution in [3.05, 3.63) is 95.5 Å². The maximum absolute atomic E-state index is 6.22. The fraction of sp³-hybridized carbons (Fsp3) is 0. The van der Waals surface area contributed by atoms with Gasteiger partial charge in [-0.05, 0) is 41.1 Å². The van der Waals surface area contributed by atoms with Crippen LogP contribution in [0.1, 0.15) is 5.56 Å². The van der Waals surface area contributed by atoms with Crippen molar-refractivity contribution in [1.29, 1.82) is 0 Å². The van der Waals surface area contributed by atoms with Gasteiger partial charge < -0.3 is 4.74 Å². The Hall–Kier alpha value is -3.10. The molecule has 2 nitrogen and oxygen atoms in total. The van der Waals surface area contributed by atoms with Crippen molar-refractivity contribution in [2.45, 2.75) is 0 Å². The molecule has 0 saturated carbocycles. The van der Waals surface area contributed by atoms with E-state index in [4.69, 9.17) is 21.3 Å². The van der Waals surface area contributed by atoms with E-state index in [1.807, 2.05) is 48.5 Å². The Bertz CT molecular complexity index is 1180. The zero-order chi connectivity index (χ0) is 17.5. The van der Waals surface area contributed by atoms with Crippen molar-refractivity contribution in [3.8, 4) is 16.9 Å². The zero-order valence-corrected chi connectivity index (χ0v) is 14.6. The molecule has 0 amide bonds. The van der Waals surface area contributed by atoms with Crippen molar-refractivity contribution in [2.75, 3.05) is 0 Å². The first-order chi connectivity index (χ1) is 12.8. The molecule has 0 aliphatic carbocycles. The molecule has 0 saturated heterocycles. The van der Waals surface area contributed by atoms with Gasteiger partial charge in [-0.15, -0.1) is 0 Å². The molecule has 4 aromatic rings. The molecule has 124 valence electrons. The number of fused-ring (bicyclic) bond motifs is 5. The first-order valence-electron chi connectivity index (χ1n) is 8.43. The van der Waals surface area contributed by atoms with E-state index in [2.05, 4.69) is 36.4 Å². The van der Waals surface area contributed by atoms with Gasteiger partial charge in [0.25, 0.3) is 0 Å². The summed E-state index contributed by atoms with van der Waals surface area (Å²) in [5, 5.41) is 3.00. The summed E-state index contributed by atoms with van der Waals surface area (Å²) >= 11 is 6.17. The molecule has 1 aliphatic rings. The second-order valence-electron chi connectivity index (χ2n) is 6.21. The lowest BCUT2D eigenvalue weighted by atomic mass is 9.96. The van der Waals surface area contributed by atoms with Crippen LogP contribution in [-0.2, 0) is 0 Å². The minimum Gasteiger partial charge on any atom is -0.438 e. The molecule has 0 fully saturated rings. The van der Waals surface area contributed by atoms with Crippen LogP contribution < -0.4 is 4.74 Å². The highest BCUT2D eigenvalue weighted by Gasteiger charge is 2.20. The quantitative estimate of drug-likeness (QED) is 0.375. The predicted molar refractivity (Wildman–Crippen MR) is 108 cm³/mol. The summed E-state index contributed by atoms with van der Waals surface area (Å²) in [6.45, 7) is 0. The normalized spacial score (nSPS) is 12.6. The molecule has 0 N–H and O–H groups in total. The molecule has 0 radical (unpaired) electrons. The van der Waals surface area contributed by atoms with Crippen LogP contribution in [0.25, 0.3) is 21.9 Å². The van der Waals surface area contributed by atoms with E-state index >= 15 is 0 Å². The second kappa shape index (κ2) is 6.01. The van der Waals surface area contributed by atoms with Crippen LogP contribution in [0.5, 0.6) is 5.75 Å². The van der Waals surface area contributed by atoms with E-state index in [9.17, 15) is 0 Å². The molecule has 5 rings (SSSR count). The SMILES string of the molecule is Clc1cccc(C2=Nc3ccc4ccccc4c3-c3ccccc3O2)c1. The van der Waals surface area contributed by atoms with Crippen molar-refractivity contribution in [2.24, 2.45) is 4.99 Å². The third-order valence-electron chi connectivity index (χ3n) is 4.56. The maximum Gasteiger partial charge on any atom is 0.227 e. The van der Waals surface area contributed by atoms with E-state index in [0.29, 0.717) is 10.9 Å². The molecule has 1 aliphatic heterocycles. The topological polar surface area (TPSA) is 21.6 Å². The number of halogens is 1. The van der Waals surface area contributed by atoms with Gasteiger partial charge in [0.2, 0.25) is 5.90 Å². The van der Waals surface area contributed by atoms with E-state index in [0.717, 1.165) is 33.5 Å². The van der Waals surface area contributed by atoms with Gasteiger partial charge in [-0.2, -0.15) is 0 Å². The van der Waals surface area contributed by atoms with Crippen LogP contribution in [0.3, 0.4) is 0 Å². The average Bonchev–Trinajstić information content (AvgIpc) is 2.85. The van der Waals surface area contributed by atoms with E-state index in [1.54, 1.807) is 0 Å². The van der Waals surface area contributed by atoms with Crippen molar-refractivity contribution in [3.63, 3.8) is 0 Å². The van der Waals surface area contributed by atoms with Gasteiger partial charge in [0, 0.05) is 21.7 Å². The number of para-hydroxylation sites is 1. The van der Waals surface area contributed by atoms with Crippen LogP contribution in [-0.4, -0.2) is 5.90 Å². The molecular weight excluding hydrogens is 342 g/mol. The van der Waals surface area contributed by atoms with Gasteiger partial charge in [0.15, 0.2) is 0 Å². The fourth-order valence-electron chi connectivity index (χ4n) is 3.38. The predicted octanol–water partition coefficient (Wildman–Crippen LogP) is 6.63. The van der Waals surface area contributed by atoms with Crippen LogP contribution in [0.15, 0.2) is 89.9 Å². The molecule has 0 unspecified atom stereocenters. The van der Waals surface area contributed by atoms with E-state index < -0.39 is 0 Å².